The average molecular weight is 608 g/mol. The third-order valence-corrected chi connectivity index (χ3v) is 8.63. The van der Waals surface area contributed by atoms with E-state index in [2.05, 4.69) is 4.90 Å². The van der Waals surface area contributed by atoms with Gasteiger partial charge >= 0.3 is 0 Å². The lowest BCUT2D eigenvalue weighted by atomic mass is 9.93. The minimum atomic E-state index is -0.844. The molecule has 1 aromatic heterocycles. The Morgan fingerprint density at radius 3 is 2.35 bits per heavy atom. The summed E-state index contributed by atoms with van der Waals surface area (Å²) in [6.45, 7) is 11.9. The fourth-order valence-electron chi connectivity index (χ4n) is 5.39. The van der Waals surface area contributed by atoms with E-state index in [0.717, 1.165) is 5.69 Å². The Bertz CT molecular complexity index is 1750. The molecule has 4 rings (SSSR count). The van der Waals surface area contributed by atoms with Crippen molar-refractivity contribution in [1.82, 2.24) is 9.47 Å². The first-order valence-electron chi connectivity index (χ1n) is 14.2. The van der Waals surface area contributed by atoms with Gasteiger partial charge in [-0.1, -0.05) is 11.3 Å². The van der Waals surface area contributed by atoms with Gasteiger partial charge in [0.25, 0.3) is 17.2 Å². The van der Waals surface area contributed by atoms with E-state index in [-0.39, 0.29) is 17.2 Å². The molecule has 2 aromatic carbocycles. The number of carbonyl (C=O) groups is 1. The van der Waals surface area contributed by atoms with E-state index >= 15 is 0 Å². The molecule has 11 nitrogen and oxygen atoms in total. The number of nitro benzene ring substituents is 1. The molecule has 0 bridgehead atoms. The van der Waals surface area contributed by atoms with E-state index in [1.165, 1.54) is 35.1 Å². The molecule has 0 aliphatic carbocycles. The molecule has 228 valence electrons. The molecule has 0 fully saturated rings. The van der Waals surface area contributed by atoms with Gasteiger partial charge in [-0.15, -0.1) is 0 Å². The third kappa shape index (κ3) is 5.92. The van der Waals surface area contributed by atoms with E-state index < -0.39 is 11.0 Å². The number of amides is 1. The summed E-state index contributed by atoms with van der Waals surface area (Å²) in [5, 5.41) is 11.6. The number of thiazole rings is 1. The van der Waals surface area contributed by atoms with Crippen molar-refractivity contribution in [2.75, 3.05) is 45.3 Å². The Balaban J connectivity index is 2.06. The maximum Gasteiger partial charge on any atom is 0.271 e. The molecule has 0 spiro atoms. The monoisotopic (exact) mass is 607 g/mol. The van der Waals surface area contributed by atoms with Crippen LogP contribution in [0.15, 0.2) is 57.5 Å². The fraction of sp³-hybridized carbons (Fsp3) is 0.387. The zero-order valence-electron chi connectivity index (χ0n) is 25.5. The first kappa shape index (κ1) is 31.5. The summed E-state index contributed by atoms with van der Waals surface area (Å²) in [5.74, 6) is 0.808. The second-order valence-corrected chi connectivity index (χ2v) is 10.8. The van der Waals surface area contributed by atoms with Gasteiger partial charge in [0.1, 0.15) is 17.5 Å². The highest BCUT2D eigenvalue weighted by atomic mass is 32.1. The quantitative estimate of drug-likeness (QED) is 0.240. The lowest BCUT2D eigenvalue weighted by molar-refractivity contribution is -0.384. The number of hydrogen-bond donors (Lipinski definition) is 0. The summed E-state index contributed by atoms with van der Waals surface area (Å²) in [6.07, 6.45) is 1.68. The van der Waals surface area contributed by atoms with Gasteiger partial charge in [0.05, 0.1) is 34.9 Å². The van der Waals surface area contributed by atoms with Crippen molar-refractivity contribution >= 4 is 34.7 Å². The van der Waals surface area contributed by atoms with Crippen LogP contribution in [0.1, 0.15) is 51.8 Å². The van der Waals surface area contributed by atoms with Crippen molar-refractivity contribution in [2.45, 2.75) is 40.7 Å². The maximum atomic E-state index is 14.3. The van der Waals surface area contributed by atoms with Crippen molar-refractivity contribution in [3.05, 3.63) is 88.6 Å². The van der Waals surface area contributed by atoms with Crippen LogP contribution in [-0.2, 0) is 4.79 Å². The summed E-state index contributed by atoms with van der Waals surface area (Å²) < 4.78 is 13.1. The largest absolute Gasteiger partial charge is 0.497 e. The van der Waals surface area contributed by atoms with Crippen LogP contribution < -0.4 is 29.3 Å². The van der Waals surface area contributed by atoms with Gasteiger partial charge < -0.3 is 19.3 Å². The lowest BCUT2D eigenvalue weighted by Gasteiger charge is -2.30. The molecule has 0 saturated carbocycles. The van der Waals surface area contributed by atoms with E-state index in [4.69, 9.17) is 14.5 Å². The van der Waals surface area contributed by atoms with Crippen LogP contribution in [0.5, 0.6) is 11.5 Å². The molecular formula is C31H37N5O6S. The summed E-state index contributed by atoms with van der Waals surface area (Å²) >= 11 is 1.17. The number of nitro groups is 1. The van der Waals surface area contributed by atoms with E-state index in [1.54, 1.807) is 49.3 Å². The van der Waals surface area contributed by atoms with Crippen LogP contribution in [0.2, 0.25) is 0 Å². The minimum absolute atomic E-state index is 0.0723. The fourth-order valence-corrected chi connectivity index (χ4v) is 6.43. The maximum absolute atomic E-state index is 14.3. The highest BCUT2D eigenvalue weighted by Crippen LogP contribution is 2.38. The number of non-ortho nitro benzene ring substituents is 1. The SMILES string of the molecule is CCN(CC)C(=O)C1=C(C)N=c2s/c(=C\c3cc([N+](=O)[O-])ccc3N(CC)CC)c(=O)n2[C@H]1c1cc(OC)ccc1OC. The van der Waals surface area contributed by atoms with Crippen LogP contribution in [0.25, 0.3) is 6.08 Å². The number of nitrogens with zero attached hydrogens (tertiary/aromatic N) is 5. The summed E-state index contributed by atoms with van der Waals surface area (Å²) in [7, 11) is 3.08. The van der Waals surface area contributed by atoms with Crippen LogP contribution in [-0.4, -0.2) is 60.7 Å². The number of likely N-dealkylation sites (N-methyl/N-ethyl adjacent to an activating group) is 1. The van der Waals surface area contributed by atoms with Gasteiger partial charge in [0.2, 0.25) is 0 Å². The Labute approximate surface area is 254 Å². The van der Waals surface area contributed by atoms with Crippen molar-refractivity contribution < 1.29 is 19.2 Å². The average Bonchev–Trinajstić information content (AvgIpc) is 3.31. The molecule has 3 aromatic rings. The second-order valence-electron chi connectivity index (χ2n) is 9.84. The van der Waals surface area contributed by atoms with Crippen LogP contribution in [0.4, 0.5) is 11.4 Å². The highest BCUT2D eigenvalue weighted by Gasteiger charge is 2.36. The van der Waals surface area contributed by atoms with Crippen molar-refractivity contribution in [1.29, 1.82) is 0 Å². The Morgan fingerprint density at radius 2 is 1.77 bits per heavy atom. The number of carbonyl (C=O) groups excluding carboxylic acids is 1. The molecule has 1 aliphatic rings. The van der Waals surface area contributed by atoms with Crippen LogP contribution >= 0.6 is 11.3 Å². The molecule has 1 aliphatic heterocycles. The number of benzene rings is 2. The first-order valence-corrected chi connectivity index (χ1v) is 15.0. The number of rotatable bonds is 11. The number of fused-ring (bicyclic) bond motifs is 1. The normalized spacial score (nSPS) is 14.7. The smallest absolute Gasteiger partial charge is 0.271 e. The Morgan fingerprint density at radius 1 is 1.07 bits per heavy atom. The number of anilines is 1. The van der Waals surface area contributed by atoms with E-state index in [9.17, 15) is 19.7 Å². The molecule has 1 amide bonds. The first-order chi connectivity index (χ1) is 20.6. The molecule has 0 N–H and O–H groups in total. The molecule has 1 atom stereocenters. The number of ether oxygens (including phenoxy) is 2. The van der Waals surface area contributed by atoms with Crippen LogP contribution in [0, 0.1) is 10.1 Å². The van der Waals surface area contributed by atoms with Crippen molar-refractivity contribution in [2.24, 2.45) is 4.99 Å². The van der Waals surface area contributed by atoms with Gasteiger partial charge in [-0.2, -0.15) is 0 Å². The summed E-state index contributed by atoms with van der Waals surface area (Å²) in [5.41, 5.74) is 2.34. The van der Waals surface area contributed by atoms with Gasteiger partial charge in [0.15, 0.2) is 4.80 Å². The Kier molecular flexibility index (Phi) is 9.70. The molecule has 12 heteroatoms. The van der Waals surface area contributed by atoms with Gasteiger partial charge in [0, 0.05) is 55.1 Å². The topological polar surface area (TPSA) is 120 Å². The van der Waals surface area contributed by atoms with E-state index in [0.29, 0.717) is 69.4 Å². The third-order valence-electron chi connectivity index (χ3n) is 7.65. The standard InChI is InChI=1S/C31H37N5O6S/c1-8-33(9-2)24-14-12-21(36(39)40)16-20(24)17-26-29(37)35-28(23-18-22(41-6)13-15-25(23)42-7)27(19(5)32-31(35)43-26)30(38)34(10-3)11-4/h12-18,28H,8-11H2,1-7H3/b26-17-/t28-/m0/s1. The lowest BCUT2D eigenvalue weighted by Crippen LogP contribution is -2.43. The zero-order valence-corrected chi connectivity index (χ0v) is 26.4. The predicted octanol–water partition coefficient (Wildman–Crippen LogP) is 3.88. The molecule has 2 heterocycles. The molecule has 0 unspecified atom stereocenters. The van der Waals surface area contributed by atoms with E-state index in [1.807, 2.05) is 27.7 Å². The summed E-state index contributed by atoms with van der Waals surface area (Å²) in [6, 6.07) is 9.09. The minimum Gasteiger partial charge on any atom is -0.497 e. The second kappa shape index (κ2) is 13.2. The summed E-state index contributed by atoms with van der Waals surface area (Å²) in [4.78, 5) is 48.4. The van der Waals surface area contributed by atoms with Gasteiger partial charge in [-0.3, -0.25) is 24.3 Å². The van der Waals surface area contributed by atoms with Crippen molar-refractivity contribution in [3.8, 4) is 11.5 Å². The molecular weight excluding hydrogens is 570 g/mol. The number of allylic oxidation sites excluding steroid dienone is 1. The van der Waals surface area contributed by atoms with Crippen molar-refractivity contribution in [3.63, 3.8) is 0 Å². The predicted molar refractivity (Wildman–Crippen MR) is 168 cm³/mol. The number of methoxy groups -OCH3 is 2. The number of hydrogen-bond acceptors (Lipinski definition) is 9. The molecule has 0 saturated heterocycles. The number of aromatic nitrogens is 1. The molecule has 0 radical (unpaired) electrons. The van der Waals surface area contributed by atoms with Crippen LogP contribution in [0.3, 0.4) is 0 Å². The Hall–Kier alpha value is -4.45. The van der Waals surface area contributed by atoms with Gasteiger partial charge in [-0.25, -0.2) is 4.99 Å². The zero-order chi connectivity index (χ0) is 31.4. The highest BCUT2D eigenvalue weighted by molar-refractivity contribution is 7.07. The van der Waals surface area contributed by atoms with Gasteiger partial charge in [-0.05, 0) is 65.0 Å². The molecule has 43 heavy (non-hydrogen) atoms.